The highest BCUT2D eigenvalue weighted by molar-refractivity contribution is 5.77. The van der Waals surface area contributed by atoms with Gasteiger partial charge in [0.2, 0.25) is 5.91 Å². The third-order valence-electron chi connectivity index (χ3n) is 3.49. The van der Waals surface area contributed by atoms with Crippen LogP contribution in [0.5, 0.6) is 17.2 Å². The fourth-order valence-corrected chi connectivity index (χ4v) is 2.25. The van der Waals surface area contributed by atoms with Crippen LogP contribution in [-0.4, -0.2) is 39.4 Å². The number of nitrogens with one attached hydrogen (secondary N) is 1. The highest BCUT2D eigenvalue weighted by atomic mass is 16.5. The van der Waals surface area contributed by atoms with Crippen molar-refractivity contribution in [2.24, 2.45) is 0 Å². The van der Waals surface area contributed by atoms with Gasteiger partial charge in [-0.25, -0.2) is 0 Å². The van der Waals surface area contributed by atoms with Crippen LogP contribution in [0.2, 0.25) is 0 Å². The third-order valence-corrected chi connectivity index (χ3v) is 3.49. The fourth-order valence-electron chi connectivity index (χ4n) is 2.25. The van der Waals surface area contributed by atoms with E-state index in [1.165, 1.54) is 0 Å². The average molecular weight is 359 g/mol. The molecule has 6 heteroatoms. The summed E-state index contributed by atoms with van der Waals surface area (Å²) in [6.07, 6.45) is 0. The first-order chi connectivity index (χ1) is 12.7. The quantitative estimate of drug-likeness (QED) is 0.625. The van der Waals surface area contributed by atoms with E-state index in [1.807, 2.05) is 55.5 Å². The minimum atomic E-state index is -0.183. The molecule has 2 aromatic rings. The Morgan fingerprint density at radius 3 is 2.54 bits per heavy atom. The molecular formula is C20H25NO5. The van der Waals surface area contributed by atoms with Crippen molar-refractivity contribution >= 4 is 5.91 Å². The zero-order valence-electron chi connectivity index (χ0n) is 15.2. The summed E-state index contributed by atoms with van der Waals surface area (Å²) in [7, 11) is 1.59. The van der Waals surface area contributed by atoms with Crippen LogP contribution < -0.4 is 19.5 Å². The summed E-state index contributed by atoms with van der Waals surface area (Å²) in [5, 5.41) is 2.81. The second kappa shape index (κ2) is 11.0. The molecule has 0 radical (unpaired) electrons. The average Bonchev–Trinajstić information content (AvgIpc) is 2.68. The van der Waals surface area contributed by atoms with Crippen molar-refractivity contribution in [1.29, 1.82) is 0 Å². The monoisotopic (exact) mass is 359 g/mol. The minimum absolute atomic E-state index is 0.00763. The van der Waals surface area contributed by atoms with Gasteiger partial charge in [0.25, 0.3) is 0 Å². The maximum Gasteiger partial charge on any atom is 0.246 e. The summed E-state index contributed by atoms with van der Waals surface area (Å²) in [4.78, 5) is 11.8. The number of ether oxygens (including phenoxy) is 4. The van der Waals surface area contributed by atoms with Gasteiger partial charge in [0.05, 0.1) is 20.3 Å². The van der Waals surface area contributed by atoms with Crippen LogP contribution in [0.1, 0.15) is 12.5 Å². The zero-order chi connectivity index (χ0) is 18.6. The van der Waals surface area contributed by atoms with Gasteiger partial charge >= 0.3 is 0 Å². The van der Waals surface area contributed by atoms with E-state index in [4.69, 9.17) is 18.9 Å². The van der Waals surface area contributed by atoms with Crippen molar-refractivity contribution in [3.05, 3.63) is 54.1 Å². The van der Waals surface area contributed by atoms with E-state index in [9.17, 15) is 4.79 Å². The molecule has 0 aliphatic rings. The predicted octanol–water partition coefficient (Wildman–Crippen LogP) is 2.81. The number of methoxy groups -OCH3 is 1. The Hall–Kier alpha value is -2.73. The molecule has 26 heavy (non-hydrogen) atoms. The Labute approximate surface area is 154 Å². The first-order valence-electron chi connectivity index (χ1n) is 8.55. The molecule has 2 rings (SSSR count). The van der Waals surface area contributed by atoms with E-state index in [0.29, 0.717) is 37.9 Å². The number of hydrogen-bond acceptors (Lipinski definition) is 5. The Morgan fingerprint density at radius 2 is 1.81 bits per heavy atom. The molecule has 0 saturated heterocycles. The molecule has 0 aromatic heterocycles. The van der Waals surface area contributed by atoms with Crippen LogP contribution >= 0.6 is 0 Å². The first-order valence-corrected chi connectivity index (χ1v) is 8.55. The summed E-state index contributed by atoms with van der Waals surface area (Å²) in [5.74, 6) is 1.93. The predicted molar refractivity (Wildman–Crippen MR) is 98.8 cm³/mol. The molecule has 2 aromatic carbocycles. The number of amides is 1. The van der Waals surface area contributed by atoms with Gasteiger partial charge < -0.3 is 24.3 Å². The molecule has 0 saturated carbocycles. The lowest BCUT2D eigenvalue weighted by atomic mass is 10.2. The molecule has 1 amide bonds. The normalized spacial score (nSPS) is 10.2. The lowest BCUT2D eigenvalue weighted by Crippen LogP contribution is -2.27. The van der Waals surface area contributed by atoms with Crippen molar-refractivity contribution in [3.63, 3.8) is 0 Å². The van der Waals surface area contributed by atoms with Gasteiger partial charge in [-0.2, -0.15) is 0 Å². The van der Waals surface area contributed by atoms with Crippen molar-refractivity contribution in [2.75, 3.05) is 33.5 Å². The van der Waals surface area contributed by atoms with Gasteiger partial charge in [0, 0.05) is 6.54 Å². The topological polar surface area (TPSA) is 66.0 Å². The standard InChI is InChI=1S/C20H25NO5/c1-3-25-18-10-9-16(13-19(18)23-2)14-21-20(22)15-24-11-12-26-17-7-5-4-6-8-17/h4-10,13H,3,11-12,14-15H2,1-2H3,(H,21,22). The molecule has 6 nitrogen and oxygen atoms in total. The van der Waals surface area contributed by atoms with E-state index in [0.717, 1.165) is 11.3 Å². The van der Waals surface area contributed by atoms with E-state index >= 15 is 0 Å². The van der Waals surface area contributed by atoms with Crippen molar-refractivity contribution in [1.82, 2.24) is 5.32 Å². The number of carbonyl (C=O) groups is 1. The van der Waals surface area contributed by atoms with Crippen molar-refractivity contribution in [3.8, 4) is 17.2 Å². The van der Waals surface area contributed by atoms with E-state index in [2.05, 4.69) is 5.32 Å². The van der Waals surface area contributed by atoms with E-state index in [1.54, 1.807) is 7.11 Å². The van der Waals surface area contributed by atoms with Gasteiger partial charge in [-0.1, -0.05) is 24.3 Å². The summed E-state index contributed by atoms with van der Waals surface area (Å²) >= 11 is 0. The maximum atomic E-state index is 11.8. The minimum Gasteiger partial charge on any atom is -0.493 e. The number of hydrogen-bond donors (Lipinski definition) is 1. The van der Waals surface area contributed by atoms with Crippen LogP contribution in [-0.2, 0) is 16.1 Å². The van der Waals surface area contributed by atoms with Crippen LogP contribution in [0.25, 0.3) is 0 Å². The molecular weight excluding hydrogens is 334 g/mol. The zero-order valence-corrected chi connectivity index (χ0v) is 15.2. The SMILES string of the molecule is CCOc1ccc(CNC(=O)COCCOc2ccccc2)cc1OC. The van der Waals surface area contributed by atoms with E-state index < -0.39 is 0 Å². The molecule has 0 bridgehead atoms. The Bertz CT molecular complexity index is 675. The van der Waals surface area contributed by atoms with Crippen LogP contribution in [0.3, 0.4) is 0 Å². The lowest BCUT2D eigenvalue weighted by molar-refractivity contribution is -0.126. The molecule has 1 N–H and O–H groups in total. The molecule has 0 heterocycles. The number of rotatable bonds is 11. The molecule has 0 aliphatic heterocycles. The smallest absolute Gasteiger partial charge is 0.246 e. The van der Waals surface area contributed by atoms with Crippen LogP contribution in [0, 0.1) is 0 Å². The third kappa shape index (κ3) is 6.64. The Kier molecular flexibility index (Phi) is 8.29. The Balaban J connectivity index is 1.65. The van der Waals surface area contributed by atoms with Gasteiger partial charge in [0.1, 0.15) is 19.0 Å². The summed E-state index contributed by atoms with van der Waals surface area (Å²) in [6, 6.07) is 15.0. The summed E-state index contributed by atoms with van der Waals surface area (Å²) < 4.78 is 21.6. The first kappa shape index (κ1) is 19.6. The molecule has 0 fully saturated rings. The number of benzene rings is 2. The van der Waals surface area contributed by atoms with Gasteiger partial charge in [-0.15, -0.1) is 0 Å². The lowest BCUT2D eigenvalue weighted by Gasteiger charge is -2.12. The molecule has 140 valence electrons. The largest absolute Gasteiger partial charge is 0.493 e. The molecule has 0 unspecified atom stereocenters. The van der Waals surface area contributed by atoms with Crippen LogP contribution in [0.4, 0.5) is 0 Å². The maximum absolute atomic E-state index is 11.8. The van der Waals surface area contributed by atoms with Gasteiger partial charge in [-0.3, -0.25) is 4.79 Å². The van der Waals surface area contributed by atoms with Gasteiger partial charge in [0.15, 0.2) is 11.5 Å². The number of carbonyl (C=O) groups excluding carboxylic acids is 1. The second-order valence-electron chi connectivity index (χ2n) is 5.41. The highest BCUT2D eigenvalue weighted by Gasteiger charge is 2.07. The fraction of sp³-hybridized carbons (Fsp3) is 0.350. The van der Waals surface area contributed by atoms with Crippen LogP contribution in [0.15, 0.2) is 48.5 Å². The summed E-state index contributed by atoms with van der Waals surface area (Å²) in [5.41, 5.74) is 0.922. The molecule has 0 aliphatic carbocycles. The van der Waals surface area contributed by atoms with Crippen molar-refractivity contribution in [2.45, 2.75) is 13.5 Å². The van der Waals surface area contributed by atoms with Gasteiger partial charge in [-0.05, 0) is 36.8 Å². The molecule has 0 atom stereocenters. The summed E-state index contributed by atoms with van der Waals surface area (Å²) in [6.45, 7) is 3.61. The number of para-hydroxylation sites is 1. The highest BCUT2D eigenvalue weighted by Crippen LogP contribution is 2.27. The van der Waals surface area contributed by atoms with E-state index in [-0.39, 0.29) is 12.5 Å². The Morgan fingerprint density at radius 1 is 1.00 bits per heavy atom. The molecule has 0 spiro atoms. The second-order valence-corrected chi connectivity index (χ2v) is 5.41. The van der Waals surface area contributed by atoms with Crippen molar-refractivity contribution < 1.29 is 23.7 Å².